The van der Waals surface area contributed by atoms with E-state index in [2.05, 4.69) is 0 Å². The third-order valence-corrected chi connectivity index (χ3v) is 5.24. The predicted molar refractivity (Wildman–Crippen MR) is 95.8 cm³/mol. The lowest BCUT2D eigenvalue weighted by atomic mass is 9.78. The summed E-state index contributed by atoms with van der Waals surface area (Å²) in [5, 5.41) is 0. The van der Waals surface area contributed by atoms with Crippen LogP contribution >= 0.6 is 0 Å². The fourth-order valence-electron chi connectivity index (χ4n) is 3.49. The molecule has 0 aromatic heterocycles. The summed E-state index contributed by atoms with van der Waals surface area (Å²) in [7, 11) is 0. The SMILES string of the molecule is CCC(=O)OC(C(C)C(=O)CC)C(C)C1OC(CC)=C(C)C(=O)C1C. The summed E-state index contributed by atoms with van der Waals surface area (Å²) in [6.07, 6.45) is 0.253. The number of carbonyl (C=O) groups is 3. The third-order valence-electron chi connectivity index (χ3n) is 5.24. The monoisotopic (exact) mass is 352 g/mol. The highest BCUT2D eigenvalue weighted by Crippen LogP contribution is 2.35. The highest BCUT2D eigenvalue weighted by atomic mass is 16.5. The molecule has 0 bridgehead atoms. The lowest BCUT2D eigenvalue weighted by Crippen LogP contribution is -2.47. The Morgan fingerprint density at radius 2 is 1.76 bits per heavy atom. The number of ketones is 2. The van der Waals surface area contributed by atoms with Gasteiger partial charge >= 0.3 is 5.97 Å². The molecule has 0 saturated carbocycles. The van der Waals surface area contributed by atoms with Gasteiger partial charge in [-0.1, -0.05) is 41.5 Å². The quantitative estimate of drug-likeness (QED) is 0.621. The smallest absolute Gasteiger partial charge is 0.305 e. The van der Waals surface area contributed by atoms with E-state index in [1.54, 1.807) is 27.7 Å². The van der Waals surface area contributed by atoms with Gasteiger partial charge in [0.15, 0.2) is 5.78 Å². The highest BCUT2D eigenvalue weighted by molar-refractivity contribution is 5.98. The zero-order chi connectivity index (χ0) is 19.3. The number of carbonyl (C=O) groups excluding carboxylic acids is 3. The van der Waals surface area contributed by atoms with E-state index in [-0.39, 0.29) is 35.8 Å². The van der Waals surface area contributed by atoms with Gasteiger partial charge in [0.1, 0.15) is 23.8 Å². The Bertz CT molecular complexity index is 548. The Morgan fingerprint density at radius 3 is 2.24 bits per heavy atom. The van der Waals surface area contributed by atoms with E-state index >= 15 is 0 Å². The molecule has 0 N–H and O–H groups in total. The summed E-state index contributed by atoms with van der Waals surface area (Å²) in [4.78, 5) is 36.7. The van der Waals surface area contributed by atoms with E-state index < -0.39 is 18.1 Å². The summed E-state index contributed by atoms with van der Waals surface area (Å²) in [5.41, 5.74) is 0.665. The van der Waals surface area contributed by atoms with Gasteiger partial charge < -0.3 is 9.47 Å². The van der Waals surface area contributed by atoms with Crippen LogP contribution in [0, 0.1) is 17.8 Å². The molecular weight excluding hydrogens is 320 g/mol. The van der Waals surface area contributed by atoms with Gasteiger partial charge in [-0.2, -0.15) is 0 Å². The van der Waals surface area contributed by atoms with E-state index in [1.165, 1.54) is 0 Å². The van der Waals surface area contributed by atoms with E-state index in [4.69, 9.17) is 9.47 Å². The third kappa shape index (κ3) is 4.71. The Labute approximate surface area is 151 Å². The van der Waals surface area contributed by atoms with Crippen LogP contribution in [0.4, 0.5) is 0 Å². The second-order valence-corrected chi connectivity index (χ2v) is 6.91. The van der Waals surface area contributed by atoms with Crippen LogP contribution in [0.25, 0.3) is 0 Å². The van der Waals surface area contributed by atoms with Crippen LogP contribution in [0.5, 0.6) is 0 Å². The zero-order valence-corrected chi connectivity index (χ0v) is 16.5. The lowest BCUT2D eigenvalue weighted by Gasteiger charge is -2.39. The molecule has 1 aliphatic heterocycles. The standard InChI is InChI=1S/C20H32O5/c1-8-15(21)11(4)19(25-17(22)10-3)14(7)20-13(6)18(23)12(5)16(9-2)24-20/h11,13-14,19-20H,8-10H2,1-7H3. The van der Waals surface area contributed by atoms with Gasteiger partial charge in [0.25, 0.3) is 0 Å². The predicted octanol–water partition coefficient (Wildman–Crippen LogP) is 3.85. The number of hydrogen-bond acceptors (Lipinski definition) is 5. The molecule has 0 aromatic rings. The minimum Gasteiger partial charge on any atom is -0.493 e. The van der Waals surface area contributed by atoms with Crippen molar-refractivity contribution in [1.29, 1.82) is 0 Å². The summed E-state index contributed by atoms with van der Waals surface area (Å²) in [5.74, 6) is -0.585. The molecule has 1 heterocycles. The van der Waals surface area contributed by atoms with Gasteiger partial charge in [-0.25, -0.2) is 0 Å². The number of hydrogen-bond donors (Lipinski definition) is 0. The van der Waals surface area contributed by atoms with Crippen molar-refractivity contribution in [3.05, 3.63) is 11.3 Å². The first kappa shape index (κ1) is 21.4. The maximum atomic E-state index is 12.6. The van der Waals surface area contributed by atoms with Crippen LogP contribution in [0.3, 0.4) is 0 Å². The molecule has 0 fully saturated rings. The second-order valence-electron chi connectivity index (χ2n) is 6.91. The van der Waals surface area contributed by atoms with Crippen molar-refractivity contribution >= 4 is 17.5 Å². The summed E-state index contributed by atoms with van der Waals surface area (Å²) in [6.45, 7) is 12.8. The fourth-order valence-corrected chi connectivity index (χ4v) is 3.49. The summed E-state index contributed by atoms with van der Waals surface area (Å²) < 4.78 is 11.7. The topological polar surface area (TPSA) is 69.7 Å². The van der Waals surface area contributed by atoms with E-state index in [1.807, 2.05) is 20.8 Å². The number of esters is 1. The van der Waals surface area contributed by atoms with Crippen LogP contribution in [0.1, 0.15) is 67.7 Å². The molecule has 0 aliphatic carbocycles. The van der Waals surface area contributed by atoms with Crippen molar-refractivity contribution in [1.82, 2.24) is 0 Å². The van der Waals surface area contributed by atoms with Crippen molar-refractivity contribution in [3.8, 4) is 0 Å². The molecular formula is C20H32O5. The minimum absolute atomic E-state index is 0.0398. The molecule has 0 aromatic carbocycles. The molecule has 1 aliphatic rings. The van der Waals surface area contributed by atoms with Gasteiger partial charge in [0.2, 0.25) is 0 Å². The van der Waals surface area contributed by atoms with Crippen LogP contribution in [-0.2, 0) is 23.9 Å². The number of rotatable bonds is 8. The van der Waals surface area contributed by atoms with Crippen LogP contribution in [-0.4, -0.2) is 29.7 Å². The first-order chi connectivity index (χ1) is 11.7. The maximum absolute atomic E-state index is 12.6. The largest absolute Gasteiger partial charge is 0.493 e. The molecule has 1 rings (SSSR count). The molecule has 0 amide bonds. The van der Waals surface area contributed by atoms with E-state index in [9.17, 15) is 14.4 Å². The molecule has 0 radical (unpaired) electrons. The van der Waals surface area contributed by atoms with Gasteiger partial charge in [-0.05, 0) is 6.92 Å². The second kappa shape index (κ2) is 9.16. The number of ether oxygens (including phenoxy) is 2. The fraction of sp³-hybridized carbons (Fsp3) is 0.750. The Morgan fingerprint density at radius 1 is 1.16 bits per heavy atom. The lowest BCUT2D eigenvalue weighted by molar-refractivity contribution is -0.161. The number of Topliss-reactive ketones (excluding diaryl/α,β-unsaturated/α-hetero) is 2. The van der Waals surface area contributed by atoms with Crippen LogP contribution in [0.15, 0.2) is 11.3 Å². The summed E-state index contributed by atoms with van der Waals surface area (Å²) >= 11 is 0. The van der Waals surface area contributed by atoms with Crippen LogP contribution < -0.4 is 0 Å². The molecule has 5 unspecified atom stereocenters. The Balaban J connectivity index is 3.15. The van der Waals surface area contributed by atoms with Gasteiger partial charge in [-0.15, -0.1) is 0 Å². The van der Waals surface area contributed by atoms with Crippen molar-refractivity contribution in [2.45, 2.75) is 79.9 Å². The molecule has 0 spiro atoms. The van der Waals surface area contributed by atoms with Crippen molar-refractivity contribution in [2.75, 3.05) is 0 Å². The minimum atomic E-state index is -0.600. The van der Waals surface area contributed by atoms with E-state index in [0.29, 0.717) is 24.2 Å². The first-order valence-electron chi connectivity index (χ1n) is 9.32. The van der Waals surface area contributed by atoms with Gasteiger partial charge in [0.05, 0.1) is 11.8 Å². The van der Waals surface area contributed by atoms with Crippen molar-refractivity contribution in [3.63, 3.8) is 0 Å². The molecule has 0 saturated heterocycles. The van der Waals surface area contributed by atoms with Gasteiger partial charge in [0, 0.05) is 30.8 Å². The molecule has 5 nitrogen and oxygen atoms in total. The highest BCUT2D eigenvalue weighted by Gasteiger charge is 2.43. The normalized spacial score (nSPS) is 24.4. The zero-order valence-electron chi connectivity index (χ0n) is 16.5. The molecule has 5 atom stereocenters. The number of allylic oxidation sites excluding steroid dienone is 2. The molecule has 142 valence electrons. The average Bonchev–Trinajstić information content (AvgIpc) is 2.62. The Hall–Kier alpha value is -1.65. The Kier molecular flexibility index (Phi) is 7.84. The van der Waals surface area contributed by atoms with Gasteiger partial charge in [-0.3, -0.25) is 14.4 Å². The first-order valence-corrected chi connectivity index (χ1v) is 9.32. The average molecular weight is 352 g/mol. The van der Waals surface area contributed by atoms with E-state index in [0.717, 1.165) is 0 Å². The molecule has 5 heteroatoms. The van der Waals surface area contributed by atoms with Crippen molar-refractivity contribution < 1.29 is 23.9 Å². The molecule has 25 heavy (non-hydrogen) atoms. The maximum Gasteiger partial charge on any atom is 0.305 e. The van der Waals surface area contributed by atoms with Crippen molar-refractivity contribution in [2.24, 2.45) is 17.8 Å². The summed E-state index contributed by atoms with van der Waals surface area (Å²) in [6, 6.07) is 0. The van der Waals surface area contributed by atoms with Crippen LogP contribution in [0.2, 0.25) is 0 Å².